The zero-order valence-electron chi connectivity index (χ0n) is 24.8. The van der Waals surface area contributed by atoms with Crippen LogP contribution < -0.4 is 4.90 Å². The summed E-state index contributed by atoms with van der Waals surface area (Å²) in [5, 5.41) is 5.72. The van der Waals surface area contributed by atoms with Crippen LogP contribution in [0.1, 0.15) is 54.7 Å². The molecule has 220 valence electrons. The van der Waals surface area contributed by atoms with Gasteiger partial charge in [-0.3, -0.25) is 4.79 Å². The molecule has 43 heavy (non-hydrogen) atoms. The second-order valence-corrected chi connectivity index (χ2v) is 11.2. The molecular formula is C35H37FN6O. The first-order valence-corrected chi connectivity index (χ1v) is 15.2. The number of hydrogen-bond acceptors (Lipinski definition) is 5. The first-order chi connectivity index (χ1) is 21.0. The fourth-order valence-corrected chi connectivity index (χ4v) is 5.94. The van der Waals surface area contributed by atoms with Crippen molar-refractivity contribution in [1.29, 1.82) is 0 Å². The Balaban J connectivity index is 1.33. The summed E-state index contributed by atoms with van der Waals surface area (Å²) < 4.78 is 15.5. The highest BCUT2D eigenvalue weighted by atomic mass is 19.1. The number of hydrogen-bond donors (Lipinski definition) is 0. The monoisotopic (exact) mass is 576 g/mol. The first-order valence-electron chi connectivity index (χ1n) is 15.2. The van der Waals surface area contributed by atoms with Gasteiger partial charge in [-0.15, -0.1) is 0 Å². The molecule has 1 saturated heterocycles. The predicted molar refractivity (Wildman–Crippen MR) is 168 cm³/mol. The Morgan fingerprint density at radius 3 is 2.19 bits per heavy atom. The van der Waals surface area contributed by atoms with Crippen LogP contribution in [0.5, 0.6) is 0 Å². The minimum atomic E-state index is -0.350. The van der Waals surface area contributed by atoms with Crippen molar-refractivity contribution in [2.45, 2.75) is 45.4 Å². The van der Waals surface area contributed by atoms with E-state index >= 15 is 0 Å². The number of unbranched alkanes of at least 4 members (excludes halogenated alkanes) is 1. The average Bonchev–Trinajstić information content (AvgIpc) is 3.20. The number of benzene rings is 3. The molecule has 0 N–H and O–H groups in total. The van der Waals surface area contributed by atoms with Crippen LogP contribution in [0.2, 0.25) is 0 Å². The molecule has 1 fully saturated rings. The van der Waals surface area contributed by atoms with Crippen molar-refractivity contribution in [3.05, 3.63) is 113 Å². The Kier molecular flexibility index (Phi) is 8.45. The van der Waals surface area contributed by atoms with Gasteiger partial charge < -0.3 is 9.80 Å². The van der Waals surface area contributed by atoms with E-state index in [1.54, 1.807) is 16.8 Å². The SMILES string of the molecule is CCCCc1nc(N2CCCN(C(=O)C(c3ccccc3)c3ccccc3)CC2)c2c(C)nn(-c3ccc(F)cc3)c2n1. The Bertz CT molecular complexity index is 1650. The van der Waals surface area contributed by atoms with E-state index in [0.29, 0.717) is 19.6 Å². The molecular weight excluding hydrogens is 539 g/mol. The largest absolute Gasteiger partial charge is 0.354 e. The summed E-state index contributed by atoms with van der Waals surface area (Å²) in [5.74, 6) is 1.12. The van der Waals surface area contributed by atoms with Crippen LogP contribution in [0.25, 0.3) is 16.7 Å². The number of carbonyl (C=O) groups is 1. The molecule has 2 aromatic heterocycles. The van der Waals surface area contributed by atoms with Gasteiger partial charge in [0, 0.05) is 32.6 Å². The van der Waals surface area contributed by atoms with Crippen molar-refractivity contribution in [3.63, 3.8) is 0 Å². The van der Waals surface area contributed by atoms with Crippen LogP contribution >= 0.6 is 0 Å². The van der Waals surface area contributed by atoms with Crippen LogP contribution in [-0.2, 0) is 11.2 Å². The number of fused-ring (bicyclic) bond motifs is 1. The molecule has 6 rings (SSSR count). The zero-order chi connectivity index (χ0) is 29.8. The molecule has 0 radical (unpaired) electrons. The van der Waals surface area contributed by atoms with E-state index in [4.69, 9.17) is 15.1 Å². The van der Waals surface area contributed by atoms with Crippen molar-refractivity contribution < 1.29 is 9.18 Å². The number of anilines is 1. The molecule has 8 heteroatoms. The van der Waals surface area contributed by atoms with Crippen molar-refractivity contribution in [2.24, 2.45) is 0 Å². The number of halogens is 1. The molecule has 3 heterocycles. The molecule has 0 saturated carbocycles. The van der Waals surface area contributed by atoms with Gasteiger partial charge in [0.1, 0.15) is 17.5 Å². The number of rotatable bonds is 8. The third kappa shape index (κ3) is 6.00. The molecule has 0 atom stereocenters. The quantitative estimate of drug-likeness (QED) is 0.212. The van der Waals surface area contributed by atoms with Gasteiger partial charge in [0.05, 0.1) is 22.7 Å². The first kappa shape index (κ1) is 28.5. The summed E-state index contributed by atoms with van der Waals surface area (Å²) in [6.45, 7) is 6.82. The van der Waals surface area contributed by atoms with E-state index < -0.39 is 0 Å². The fraction of sp³-hybridized carbons (Fsp3) is 0.314. The van der Waals surface area contributed by atoms with Crippen molar-refractivity contribution in [3.8, 4) is 5.69 Å². The second kappa shape index (κ2) is 12.7. The topological polar surface area (TPSA) is 67.2 Å². The molecule has 0 bridgehead atoms. The van der Waals surface area contributed by atoms with E-state index in [0.717, 1.165) is 77.4 Å². The summed E-state index contributed by atoms with van der Waals surface area (Å²) in [4.78, 5) is 28.5. The van der Waals surface area contributed by atoms with Gasteiger partial charge in [-0.1, -0.05) is 74.0 Å². The van der Waals surface area contributed by atoms with Gasteiger partial charge in [-0.25, -0.2) is 19.0 Å². The minimum Gasteiger partial charge on any atom is -0.354 e. The average molecular weight is 577 g/mol. The van der Waals surface area contributed by atoms with E-state index in [9.17, 15) is 9.18 Å². The molecule has 3 aromatic carbocycles. The van der Waals surface area contributed by atoms with Gasteiger partial charge in [-0.2, -0.15) is 5.10 Å². The lowest BCUT2D eigenvalue weighted by Gasteiger charge is -2.27. The maximum absolute atomic E-state index is 14.2. The van der Waals surface area contributed by atoms with E-state index in [1.165, 1.54) is 12.1 Å². The van der Waals surface area contributed by atoms with E-state index in [-0.39, 0.29) is 17.6 Å². The summed E-state index contributed by atoms with van der Waals surface area (Å²) in [6, 6.07) is 26.4. The van der Waals surface area contributed by atoms with Crippen LogP contribution in [0, 0.1) is 12.7 Å². The van der Waals surface area contributed by atoms with Crippen LogP contribution in [-0.4, -0.2) is 56.7 Å². The minimum absolute atomic E-state index is 0.121. The number of aromatic nitrogens is 4. The molecule has 0 unspecified atom stereocenters. The van der Waals surface area contributed by atoms with Gasteiger partial charge >= 0.3 is 0 Å². The van der Waals surface area contributed by atoms with Gasteiger partial charge in [-0.05, 0) is 55.2 Å². The number of nitrogens with zero attached hydrogens (tertiary/aromatic N) is 6. The molecule has 0 spiro atoms. The second-order valence-electron chi connectivity index (χ2n) is 11.2. The van der Waals surface area contributed by atoms with Crippen molar-refractivity contribution in [1.82, 2.24) is 24.6 Å². The Morgan fingerprint density at radius 1 is 0.860 bits per heavy atom. The van der Waals surface area contributed by atoms with Crippen LogP contribution in [0.15, 0.2) is 84.9 Å². The van der Waals surface area contributed by atoms with Crippen LogP contribution in [0.4, 0.5) is 10.2 Å². The van der Waals surface area contributed by atoms with E-state index in [2.05, 4.69) is 11.8 Å². The number of carbonyl (C=O) groups excluding carboxylic acids is 1. The molecule has 0 aliphatic carbocycles. The Hall–Kier alpha value is -4.59. The number of amides is 1. The predicted octanol–water partition coefficient (Wildman–Crippen LogP) is 6.48. The maximum atomic E-state index is 14.2. The number of aryl methyl sites for hydroxylation is 2. The third-order valence-corrected chi connectivity index (χ3v) is 8.17. The lowest BCUT2D eigenvalue weighted by molar-refractivity contribution is -0.131. The highest BCUT2D eigenvalue weighted by Gasteiger charge is 2.30. The normalized spacial score (nSPS) is 14.0. The van der Waals surface area contributed by atoms with Gasteiger partial charge in [0.2, 0.25) is 5.91 Å². The van der Waals surface area contributed by atoms with Crippen LogP contribution in [0.3, 0.4) is 0 Å². The fourth-order valence-electron chi connectivity index (χ4n) is 5.94. The van der Waals surface area contributed by atoms with Crippen molar-refractivity contribution >= 4 is 22.8 Å². The smallest absolute Gasteiger partial charge is 0.234 e. The molecule has 7 nitrogen and oxygen atoms in total. The third-order valence-electron chi connectivity index (χ3n) is 8.17. The van der Waals surface area contributed by atoms with Gasteiger partial charge in [0.15, 0.2) is 5.65 Å². The molecule has 1 aliphatic rings. The Labute approximate surface area is 252 Å². The Morgan fingerprint density at radius 2 is 1.53 bits per heavy atom. The zero-order valence-corrected chi connectivity index (χ0v) is 24.8. The summed E-state index contributed by atoms with van der Waals surface area (Å²) >= 11 is 0. The molecule has 1 aliphatic heterocycles. The van der Waals surface area contributed by atoms with E-state index in [1.807, 2.05) is 72.5 Å². The summed E-state index contributed by atoms with van der Waals surface area (Å²) in [6.07, 6.45) is 3.61. The molecule has 5 aromatic rings. The van der Waals surface area contributed by atoms with Crippen molar-refractivity contribution in [2.75, 3.05) is 31.1 Å². The maximum Gasteiger partial charge on any atom is 0.234 e. The molecule has 1 amide bonds. The lowest BCUT2D eigenvalue weighted by Crippen LogP contribution is -2.38. The highest BCUT2D eigenvalue weighted by Crippen LogP contribution is 2.31. The lowest BCUT2D eigenvalue weighted by atomic mass is 9.90. The highest BCUT2D eigenvalue weighted by molar-refractivity contribution is 5.91. The van der Waals surface area contributed by atoms with Gasteiger partial charge in [0.25, 0.3) is 0 Å². The summed E-state index contributed by atoms with van der Waals surface area (Å²) in [5.41, 5.74) is 4.31. The standard InChI is InChI=1S/C35H37FN6O/c1-3-4-16-30-37-33(31-25(2)39-42(34(31)38-30)29-19-17-28(36)18-20-29)40-21-11-22-41(24-23-40)35(43)32(26-12-7-5-8-13-26)27-14-9-6-10-15-27/h5-10,12-15,17-20,32H,3-4,11,16,21-24H2,1-2H3. The summed E-state index contributed by atoms with van der Waals surface area (Å²) in [7, 11) is 0.